The van der Waals surface area contributed by atoms with Gasteiger partial charge in [0.2, 0.25) is 5.91 Å². The Kier molecular flexibility index (Phi) is 6.18. The van der Waals surface area contributed by atoms with Gasteiger partial charge in [-0.15, -0.1) is 0 Å². The number of hydrogen-bond donors (Lipinski definition) is 0. The fourth-order valence-electron chi connectivity index (χ4n) is 5.53. The molecular weight excluding hydrogens is 490 g/mol. The molecule has 7 nitrogen and oxygen atoms in total. The maximum absolute atomic E-state index is 13.9. The number of benzene rings is 3. The molecule has 6 rings (SSSR count). The first kappa shape index (κ1) is 23.7. The number of ketones is 1. The average molecular weight is 516 g/mol. The number of para-hydroxylation sites is 2. The Labute approximate surface area is 220 Å². The van der Waals surface area contributed by atoms with E-state index in [-0.39, 0.29) is 30.2 Å². The predicted octanol–water partition coefficient (Wildman–Crippen LogP) is 3.82. The lowest BCUT2D eigenvalue weighted by atomic mass is 9.87. The zero-order valence-corrected chi connectivity index (χ0v) is 20.9. The highest BCUT2D eigenvalue weighted by atomic mass is 35.5. The molecule has 8 heteroatoms. The lowest BCUT2D eigenvalue weighted by Crippen LogP contribution is -2.54. The zero-order valence-electron chi connectivity index (χ0n) is 20.2. The number of rotatable bonds is 3. The minimum absolute atomic E-state index is 0.0392. The minimum atomic E-state index is -0.512. The summed E-state index contributed by atoms with van der Waals surface area (Å²) < 4.78 is 6.04. The molecule has 0 unspecified atom stereocenters. The molecule has 0 aromatic heterocycles. The molecule has 3 aliphatic rings. The van der Waals surface area contributed by atoms with E-state index in [1.165, 1.54) is 0 Å². The number of amides is 2. The number of fused-ring (bicyclic) bond motifs is 2. The monoisotopic (exact) mass is 515 g/mol. The molecule has 1 atom stereocenters. The van der Waals surface area contributed by atoms with Gasteiger partial charge in [0.25, 0.3) is 5.91 Å². The number of halogens is 1. The van der Waals surface area contributed by atoms with Crippen LogP contribution in [0.1, 0.15) is 27.4 Å². The lowest BCUT2D eigenvalue weighted by molar-refractivity contribution is -0.132. The molecule has 2 amide bonds. The van der Waals surface area contributed by atoms with Crippen molar-refractivity contribution in [2.24, 2.45) is 0 Å². The van der Waals surface area contributed by atoms with Gasteiger partial charge in [-0.3, -0.25) is 19.3 Å². The van der Waals surface area contributed by atoms with Crippen molar-refractivity contribution < 1.29 is 19.1 Å². The van der Waals surface area contributed by atoms with Crippen LogP contribution in [0.25, 0.3) is 0 Å². The largest absolute Gasteiger partial charge is 0.457 e. The highest BCUT2D eigenvalue weighted by Gasteiger charge is 2.43. The summed E-state index contributed by atoms with van der Waals surface area (Å²) in [4.78, 5) is 45.4. The second-order valence-electron chi connectivity index (χ2n) is 9.65. The van der Waals surface area contributed by atoms with Crippen molar-refractivity contribution >= 4 is 29.2 Å². The summed E-state index contributed by atoms with van der Waals surface area (Å²) in [6.07, 6.45) is 0. The molecule has 2 saturated heterocycles. The second-order valence-corrected chi connectivity index (χ2v) is 10.1. The van der Waals surface area contributed by atoms with E-state index in [9.17, 15) is 14.4 Å². The normalized spacial score (nSPS) is 19.8. The number of likely N-dealkylation sites (tertiary alicyclic amines) is 1. The van der Waals surface area contributed by atoms with Crippen molar-refractivity contribution in [1.82, 2.24) is 14.7 Å². The predicted molar refractivity (Wildman–Crippen MR) is 139 cm³/mol. The molecular formula is C29H26ClN3O4. The van der Waals surface area contributed by atoms with Gasteiger partial charge in [0, 0.05) is 54.4 Å². The molecule has 0 spiro atoms. The summed E-state index contributed by atoms with van der Waals surface area (Å²) >= 11 is 5.94. The summed E-state index contributed by atoms with van der Waals surface area (Å²) in [7, 11) is 0. The third-order valence-corrected chi connectivity index (χ3v) is 7.74. The van der Waals surface area contributed by atoms with Gasteiger partial charge < -0.3 is 14.5 Å². The number of piperazine rings is 1. The van der Waals surface area contributed by atoms with Crippen molar-refractivity contribution in [2.75, 3.05) is 39.3 Å². The van der Waals surface area contributed by atoms with Crippen molar-refractivity contribution in [1.29, 1.82) is 0 Å². The molecule has 0 saturated carbocycles. The van der Waals surface area contributed by atoms with E-state index < -0.39 is 5.92 Å². The Bertz CT molecular complexity index is 1320. The first-order valence-corrected chi connectivity index (χ1v) is 12.8. The Balaban J connectivity index is 1.15. The summed E-state index contributed by atoms with van der Waals surface area (Å²) in [6.45, 7) is 2.67. The quantitative estimate of drug-likeness (QED) is 0.530. The smallest absolute Gasteiger partial charge is 0.253 e. The topological polar surface area (TPSA) is 70.2 Å². The van der Waals surface area contributed by atoms with Crippen LogP contribution in [-0.4, -0.2) is 77.6 Å². The Morgan fingerprint density at radius 2 is 1.38 bits per heavy atom. The van der Waals surface area contributed by atoms with E-state index in [0.717, 1.165) is 11.1 Å². The first-order chi connectivity index (χ1) is 18.0. The summed E-state index contributed by atoms with van der Waals surface area (Å²) in [5.74, 6) is 0.741. The molecule has 3 aromatic rings. The van der Waals surface area contributed by atoms with Gasteiger partial charge in [0.15, 0.2) is 5.78 Å². The van der Waals surface area contributed by atoms with Gasteiger partial charge in [-0.05, 0) is 36.4 Å². The first-order valence-electron chi connectivity index (χ1n) is 12.5. The number of ether oxygens (including phenoxy) is 1. The van der Waals surface area contributed by atoms with Gasteiger partial charge in [-0.1, -0.05) is 48.0 Å². The molecule has 37 heavy (non-hydrogen) atoms. The molecule has 0 bridgehead atoms. The number of nitrogens with zero attached hydrogens (tertiary/aromatic N) is 3. The third kappa shape index (κ3) is 4.38. The third-order valence-electron chi connectivity index (χ3n) is 7.48. The maximum Gasteiger partial charge on any atom is 0.253 e. The van der Waals surface area contributed by atoms with E-state index in [4.69, 9.17) is 16.3 Å². The number of hydrogen-bond acceptors (Lipinski definition) is 5. The molecule has 3 aromatic carbocycles. The number of carbonyl (C=O) groups is 3. The Morgan fingerprint density at radius 1 is 0.784 bits per heavy atom. The number of carbonyl (C=O) groups excluding carboxylic acids is 3. The molecule has 3 aliphatic heterocycles. The molecule has 2 fully saturated rings. The van der Waals surface area contributed by atoms with Crippen molar-refractivity contribution in [3.8, 4) is 11.5 Å². The van der Waals surface area contributed by atoms with Crippen LogP contribution >= 0.6 is 11.6 Å². The molecule has 3 heterocycles. The van der Waals surface area contributed by atoms with Gasteiger partial charge in [-0.2, -0.15) is 0 Å². The molecule has 0 radical (unpaired) electrons. The van der Waals surface area contributed by atoms with Crippen molar-refractivity contribution in [3.63, 3.8) is 0 Å². The van der Waals surface area contributed by atoms with Crippen LogP contribution in [0.3, 0.4) is 0 Å². The summed E-state index contributed by atoms with van der Waals surface area (Å²) in [5.41, 5.74) is 2.23. The van der Waals surface area contributed by atoms with Crippen LogP contribution in [0.2, 0.25) is 5.02 Å². The van der Waals surface area contributed by atoms with Crippen molar-refractivity contribution in [3.05, 3.63) is 94.5 Å². The van der Waals surface area contributed by atoms with Gasteiger partial charge in [0.05, 0.1) is 18.5 Å². The van der Waals surface area contributed by atoms with Crippen LogP contribution in [0.4, 0.5) is 0 Å². The maximum atomic E-state index is 13.9. The minimum Gasteiger partial charge on any atom is -0.457 e. The van der Waals surface area contributed by atoms with E-state index in [2.05, 4.69) is 4.90 Å². The Hall–Kier alpha value is -3.68. The van der Waals surface area contributed by atoms with Crippen LogP contribution in [0, 0.1) is 0 Å². The SMILES string of the molecule is O=C1CN(C(=O)C2c3ccccc3Oc3ccccc32)C[C@H]1N1CCN(C(=O)c2ccc(Cl)cc2)CC1. The molecule has 188 valence electrons. The standard InChI is InChI=1S/C29H26ClN3O4/c30-20-11-9-19(10-12-20)28(35)32-15-13-31(14-16-32)23-17-33(18-24(23)34)29(36)27-21-5-1-3-7-25(21)37-26-8-4-2-6-22(26)27/h1-12,23,27H,13-18H2/t23-/m1/s1. The summed E-state index contributed by atoms with van der Waals surface area (Å²) in [6, 6.07) is 21.7. The zero-order chi connectivity index (χ0) is 25.5. The number of Topliss-reactive ketones (excluding diaryl/α,β-unsaturated/α-hetero) is 1. The van der Waals surface area contributed by atoms with Gasteiger partial charge >= 0.3 is 0 Å². The Morgan fingerprint density at radius 3 is 2.00 bits per heavy atom. The fraction of sp³-hybridized carbons (Fsp3) is 0.276. The van der Waals surface area contributed by atoms with Gasteiger partial charge in [0.1, 0.15) is 11.5 Å². The molecule has 0 aliphatic carbocycles. The second kappa shape index (κ2) is 9.65. The fourth-order valence-corrected chi connectivity index (χ4v) is 5.65. The van der Waals surface area contributed by atoms with E-state index in [1.807, 2.05) is 48.5 Å². The van der Waals surface area contributed by atoms with Crippen LogP contribution in [0.15, 0.2) is 72.8 Å². The van der Waals surface area contributed by atoms with E-state index >= 15 is 0 Å². The highest BCUT2D eigenvalue weighted by molar-refractivity contribution is 6.30. The molecule has 0 N–H and O–H groups in total. The average Bonchev–Trinajstić information content (AvgIpc) is 3.33. The van der Waals surface area contributed by atoms with Crippen LogP contribution in [0.5, 0.6) is 11.5 Å². The lowest BCUT2D eigenvalue weighted by Gasteiger charge is -2.37. The van der Waals surface area contributed by atoms with Crippen LogP contribution < -0.4 is 4.74 Å². The highest BCUT2D eigenvalue weighted by Crippen LogP contribution is 2.45. The van der Waals surface area contributed by atoms with Crippen molar-refractivity contribution in [2.45, 2.75) is 12.0 Å². The van der Waals surface area contributed by atoms with E-state index in [0.29, 0.717) is 54.8 Å². The van der Waals surface area contributed by atoms with Gasteiger partial charge in [-0.25, -0.2) is 0 Å². The van der Waals surface area contributed by atoms with E-state index in [1.54, 1.807) is 34.1 Å². The summed E-state index contributed by atoms with van der Waals surface area (Å²) in [5, 5.41) is 0.591. The van der Waals surface area contributed by atoms with Crippen LogP contribution in [-0.2, 0) is 9.59 Å².